The fraction of sp³-hybridized carbons (Fsp3) is 0. The minimum absolute atomic E-state index is 0.361. The molecule has 0 amide bonds. The fourth-order valence-electron chi connectivity index (χ4n) is 1.56. The van der Waals surface area contributed by atoms with E-state index in [1.165, 1.54) is 0 Å². The van der Waals surface area contributed by atoms with Gasteiger partial charge in [0.2, 0.25) is 5.82 Å². The van der Waals surface area contributed by atoms with Crippen LogP contribution in [0.2, 0.25) is 0 Å². The Bertz CT molecular complexity index is 676. The van der Waals surface area contributed by atoms with Gasteiger partial charge >= 0.3 is 0 Å². The average molecular weight is 306 g/mol. The van der Waals surface area contributed by atoms with Gasteiger partial charge in [-0.1, -0.05) is 11.2 Å². The number of para-hydroxylation sites is 1. The van der Waals surface area contributed by atoms with Crippen LogP contribution in [0, 0.1) is 0 Å². The van der Waals surface area contributed by atoms with Gasteiger partial charge in [0.15, 0.2) is 5.76 Å². The van der Waals surface area contributed by atoms with Crippen LogP contribution in [-0.2, 0) is 0 Å². The number of benzene rings is 1. The van der Waals surface area contributed by atoms with Gasteiger partial charge in [0.25, 0.3) is 5.89 Å². The van der Waals surface area contributed by atoms with E-state index in [4.69, 9.17) is 14.7 Å². The minimum Gasteiger partial charge on any atom is -0.461 e. The molecule has 0 radical (unpaired) electrons. The normalized spacial score (nSPS) is 10.7. The molecule has 0 aliphatic rings. The molecule has 0 saturated heterocycles. The highest BCUT2D eigenvalue weighted by atomic mass is 79.9. The summed E-state index contributed by atoms with van der Waals surface area (Å²) in [6, 6.07) is 9.05. The molecule has 0 spiro atoms. The molecule has 3 aromatic rings. The van der Waals surface area contributed by atoms with Crippen molar-refractivity contribution in [1.29, 1.82) is 0 Å². The maximum absolute atomic E-state index is 5.94. The minimum atomic E-state index is 0.361. The molecule has 0 unspecified atom stereocenters. The standard InChI is InChI=1S/C12H8BrN3O2/c13-8-4-1-3-7(10(8)14)12-15-11(16-18-12)9-5-2-6-17-9/h1-6H,14H2. The summed E-state index contributed by atoms with van der Waals surface area (Å²) in [5, 5.41) is 3.86. The van der Waals surface area contributed by atoms with Gasteiger partial charge in [0.05, 0.1) is 17.5 Å². The Hall–Kier alpha value is -2.08. The smallest absolute Gasteiger partial charge is 0.260 e. The number of rotatable bonds is 2. The number of nitrogens with two attached hydrogens (primary N) is 1. The molecule has 3 rings (SSSR count). The number of hydrogen-bond donors (Lipinski definition) is 1. The van der Waals surface area contributed by atoms with Crippen LogP contribution in [0.15, 0.2) is 50.0 Å². The summed E-state index contributed by atoms with van der Waals surface area (Å²) >= 11 is 3.36. The van der Waals surface area contributed by atoms with E-state index < -0.39 is 0 Å². The van der Waals surface area contributed by atoms with Crippen LogP contribution in [-0.4, -0.2) is 10.1 Å². The van der Waals surface area contributed by atoms with Crippen molar-refractivity contribution in [3.63, 3.8) is 0 Å². The van der Waals surface area contributed by atoms with Gasteiger partial charge in [-0.25, -0.2) is 0 Å². The van der Waals surface area contributed by atoms with Crippen LogP contribution in [0.5, 0.6) is 0 Å². The summed E-state index contributed by atoms with van der Waals surface area (Å²) in [5.74, 6) is 1.31. The van der Waals surface area contributed by atoms with E-state index in [9.17, 15) is 0 Å². The molecule has 1 aromatic carbocycles. The molecule has 0 bridgehead atoms. The van der Waals surface area contributed by atoms with Crippen molar-refractivity contribution < 1.29 is 8.94 Å². The summed E-state index contributed by atoms with van der Waals surface area (Å²) in [4.78, 5) is 4.25. The topological polar surface area (TPSA) is 78.1 Å². The zero-order valence-corrected chi connectivity index (χ0v) is 10.7. The molecule has 0 atom stereocenters. The number of aromatic nitrogens is 2. The summed E-state index contributed by atoms with van der Waals surface area (Å²) in [7, 11) is 0. The lowest BCUT2D eigenvalue weighted by Crippen LogP contribution is -1.91. The van der Waals surface area contributed by atoms with Crippen molar-refractivity contribution >= 4 is 21.6 Å². The average Bonchev–Trinajstić information content (AvgIpc) is 3.01. The summed E-state index contributed by atoms with van der Waals surface area (Å²) in [6.45, 7) is 0. The van der Waals surface area contributed by atoms with E-state index in [0.29, 0.717) is 28.7 Å². The Morgan fingerprint density at radius 3 is 2.83 bits per heavy atom. The second-order valence-corrected chi connectivity index (χ2v) is 4.46. The third kappa shape index (κ3) is 1.80. The van der Waals surface area contributed by atoms with E-state index in [-0.39, 0.29) is 0 Å². The Kier molecular flexibility index (Phi) is 2.64. The van der Waals surface area contributed by atoms with Crippen LogP contribution in [0.1, 0.15) is 0 Å². The number of anilines is 1. The Balaban J connectivity index is 2.06. The van der Waals surface area contributed by atoms with Gasteiger partial charge in [-0.05, 0) is 40.2 Å². The molecule has 0 aliphatic carbocycles. The molecule has 90 valence electrons. The highest BCUT2D eigenvalue weighted by Crippen LogP contribution is 2.31. The van der Waals surface area contributed by atoms with E-state index in [0.717, 1.165) is 4.47 Å². The molecule has 0 saturated carbocycles. The van der Waals surface area contributed by atoms with Crippen LogP contribution in [0.4, 0.5) is 5.69 Å². The Labute approximate surface area is 111 Å². The zero-order valence-electron chi connectivity index (χ0n) is 9.13. The lowest BCUT2D eigenvalue weighted by molar-refractivity contribution is 0.429. The number of furan rings is 1. The highest BCUT2D eigenvalue weighted by Gasteiger charge is 2.15. The number of nitrogens with zero attached hydrogens (tertiary/aromatic N) is 2. The van der Waals surface area contributed by atoms with Crippen molar-refractivity contribution in [3.05, 3.63) is 41.1 Å². The molecule has 2 aromatic heterocycles. The van der Waals surface area contributed by atoms with Crippen LogP contribution < -0.4 is 5.73 Å². The first-order valence-electron chi connectivity index (χ1n) is 5.17. The van der Waals surface area contributed by atoms with E-state index in [1.54, 1.807) is 18.4 Å². The van der Waals surface area contributed by atoms with E-state index in [1.807, 2.05) is 18.2 Å². The van der Waals surface area contributed by atoms with Crippen molar-refractivity contribution in [1.82, 2.24) is 10.1 Å². The molecule has 5 nitrogen and oxygen atoms in total. The first-order chi connectivity index (χ1) is 8.75. The zero-order chi connectivity index (χ0) is 12.5. The number of nitrogen functional groups attached to an aromatic ring is 1. The van der Waals surface area contributed by atoms with Gasteiger partial charge in [-0.2, -0.15) is 4.98 Å². The van der Waals surface area contributed by atoms with Gasteiger partial charge in [-0.3, -0.25) is 0 Å². The van der Waals surface area contributed by atoms with Crippen LogP contribution in [0.25, 0.3) is 23.0 Å². The molecular formula is C12H8BrN3O2. The number of halogens is 1. The number of hydrogen-bond acceptors (Lipinski definition) is 5. The molecule has 6 heteroatoms. The third-order valence-corrected chi connectivity index (χ3v) is 3.14. The van der Waals surface area contributed by atoms with Gasteiger partial charge in [-0.15, -0.1) is 0 Å². The molecular weight excluding hydrogens is 298 g/mol. The second-order valence-electron chi connectivity index (χ2n) is 3.60. The summed E-state index contributed by atoms with van der Waals surface area (Å²) in [5.41, 5.74) is 7.20. The highest BCUT2D eigenvalue weighted by molar-refractivity contribution is 9.10. The van der Waals surface area contributed by atoms with Crippen molar-refractivity contribution in [2.45, 2.75) is 0 Å². The van der Waals surface area contributed by atoms with Crippen LogP contribution in [0.3, 0.4) is 0 Å². The first kappa shape index (κ1) is 11.0. The van der Waals surface area contributed by atoms with Gasteiger partial charge in [0.1, 0.15) is 0 Å². The molecule has 2 heterocycles. The summed E-state index contributed by atoms with van der Waals surface area (Å²) in [6.07, 6.45) is 1.55. The Morgan fingerprint density at radius 2 is 2.06 bits per heavy atom. The quantitative estimate of drug-likeness (QED) is 0.735. The lowest BCUT2D eigenvalue weighted by atomic mass is 10.2. The monoisotopic (exact) mass is 305 g/mol. The molecule has 0 fully saturated rings. The molecule has 18 heavy (non-hydrogen) atoms. The van der Waals surface area contributed by atoms with E-state index >= 15 is 0 Å². The Morgan fingerprint density at radius 1 is 1.17 bits per heavy atom. The maximum Gasteiger partial charge on any atom is 0.260 e. The predicted octanol–water partition coefficient (Wildman–Crippen LogP) is 3.34. The van der Waals surface area contributed by atoms with E-state index in [2.05, 4.69) is 26.1 Å². The second kappa shape index (κ2) is 4.30. The first-order valence-corrected chi connectivity index (χ1v) is 5.97. The van der Waals surface area contributed by atoms with Crippen molar-refractivity contribution in [2.24, 2.45) is 0 Å². The predicted molar refractivity (Wildman–Crippen MR) is 69.5 cm³/mol. The van der Waals surface area contributed by atoms with Crippen LogP contribution >= 0.6 is 15.9 Å². The summed E-state index contributed by atoms with van der Waals surface area (Å²) < 4.78 is 11.2. The van der Waals surface area contributed by atoms with Gasteiger partial charge < -0.3 is 14.7 Å². The third-order valence-electron chi connectivity index (χ3n) is 2.45. The SMILES string of the molecule is Nc1c(Br)cccc1-c1nc(-c2ccco2)no1. The molecule has 2 N–H and O–H groups in total. The largest absolute Gasteiger partial charge is 0.461 e. The van der Waals surface area contributed by atoms with Gasteiger partial charge in [0, 0.05) is 4.47 Å². The fourth-order valence-corrected chi connectivity index (χ4v) is 1.93. The lowest BCUT2D eigenvalue weighted by Gasteiger charge is -2.01. The van der Waals surface area contributed by atoms with Crippen molar-refractivity contribution in [2.75, 3.05) is 5.73 Å². The molecule has 0 aliphatic heterocycles. The maximum atomic E-state index is 5.94. The van der Waals surface area contributed by atoms with Crippen molar-refractivity contribution in [3.8, 4) is 23.0 Å².